The van der Waals surface area contributed by atoms with Gasteiger partial charge in [0.25, 0.3) is 0 Å². The molecule has 0 aromatic carbocycles. The molecule has 9 nitrogen and oxygen atoms in total. The molecule has 4 heterocycles. The fraction of sp³-hybridized carbons (Fsp3) is 0.286. The zero-order valence-electron chi connectivity index (χ0n) is 18.6. The van der Waals surface area contributed by atoms with Gasteiger partial charge < -0.3 is 10.1 Å². The molecule has 0 atom stereocenters. The highest BCUT2D eigenvalue weighted by Crippen LogP contribution is 2.35. The molecule has 4 aromatic rings. The Hall–Kier alpha value is -3.96. The quantitative estimate of drug-likeness (QED) is 0.480. The van der Waals surface area contributed by atoms with E-state index in [1.807, 2.05) is 13.0 Å². The topological polar surface area (TPSA) is 95.6 Å². The van der Waals surface area contributed by atoms with Crippen LogP contribution in [0.1, 0.15) is 22.5 Å². The molecule has 4 aromatic heterocycles. The summed E-state index contributed by atoms with van der Waals surface area (Å²) in [6, 6.07) is 5.13. The van der Waals surface area contributed by atoms with E-state index in [0.717, 1.165) is 21.5 Å². The Kier molecular flexibility index (Phi) is 5.52. The number of ether oxygens (including phenoxy) is 1. The predicted octanol–water partition coefficient (Wildman–Crippen LogP) is 4.15. The fourth-order valence-electron chi connectivity index (χ4n) is 3.65. The summed E-state index contributed by atoms with van der Waals surface area (Å²) >= 11 is 0. The number of aryl methyl sites for hydroxylation is 2. The minimum Gasteiger partial charge on any atom is -0.481 e. The van der Waals surface area contributed by atoms with Gasteiger partial charge >= 0.3 is 6.18 Å². The molecule has 33 heavy (non-hydrogen) atoms. The van der Waals surface area contributed by atoms with E-state index in [2.05, 4.69) is 30.5 Å². The van der Waals surface area contributed by atoms with E-state index in [-0.39, 0.29) is 17.2 Å². The van der Waals surface area contributed by atoms with Crippen molar-refractivity contribution >= 4 is 11.6 Å². The summed E-state index contributed by atoms with van der Waals surface area (Å²) < 4.78 is 48.0. The Morgan fingerprint density at radius 3 is 2.39 bits per heavy atom. The van der Waals surface area contributed by atoms with Crippen molar-refractivity contribution in [2.45, 2.75) is 26.9 Å². The number of aromatic nitrogens is 7. The average Bonchev–Trinajstić information content (AvgIpc) is 3.23. The van der Waals surface area contributed by atoms with E-state index >= 15 is 0 Å². The molecule has 0 radical (unpaired) electrons. The van der Waals surface area contributed by atoms with Crippen LogP contribution >= 0.6 is 0 Å². The van der Waals surface area contributed by atoms with E-state index in [9.17, 15) is 13.2 Å². The Bertz CT molecular complexity index is 1310. The van der Waals surface area contributed by atoms with Gasteiger partial charge in [-0.15, -0.1) is 0 Å². The van der Waals surface area contributed by atoms with Crippen LogP contribution in [0.2, 0.25) is 0 Å². The highest BCUT2D eigenvalue weighted by molar-refractivity contribution is 5.71. The Morgan fingerprint density at radius 1 is 1.03 bits per heavy atom. The first-order valence-electron chi connectivity index (χ1n) is 9.87. The van der Waals surface area contributed by atoms with Crippen molar-refractivity contribution in [3.05, 3.63) is 53.2 Å². The molecule has 172 valence electrons. The van der Waals surface area contributed by atoms with E-state index in [1.54, 1.807) is 31.1 Å². The molecule has 0 spiro atoms. The summed E-state index contributed by atoms with van der Waals surface area (Å²) in [5.41, 5.74) is 1.44. The van der Waals surface area contributed by atoms with E-state index in [4.69, 9.17) is 4.74 Å². The number of methoxy groups -OCH3 is 1. The van der Waals surface area contributed by atoms with Gasteiger partial charge in [-0.1, -0.05) is 0 Å². The third-order valence-corrected chi connectivity index (χ3v) is 5.19. The highest BCUT2D eigenvalue weighted by Gasteiger charge is 2.37. The van der Waals surface area contributed by atoms with E-state index in [1.165, 1.54) is 26.2 Å². The van der Waals surface area contributed by atoms with Crippen LogP contribution in [0, 0.1) is 20.8 Å². The molecule has 0 fully saturated rings. The molecular formula is C21H21F3N8O. The van der Waals surface area contributed by atoms with Gasteiger partial charge in [0.05, 0.1) is 29.8 Å². The van der Waals surface area contributed by atoms with Gasteiger partial charge in [0.15, 0.2) is 5.82 Å². The van der Waals surface area contributed by atoms with E-state index in [0.29, 0.717) is 17.5 Å². The van der Waals surface area contributed by atoms with Gasteiger partial charge in [-0.25, -0.2) is 19.6 Å². The first-order chi connectivity index (χ1) is 15.6. The SMILES string of the molecule is COc1ccc(-c2nn(C)c(Nc3cc(-n4nc(C)c(C(F)(F)F)c4C)ncn3)c2C)cn1. The van der Waals surface area contributed by atoms with Crippen molar-refractivity contribution in [1.82, 2.24) is 34.5 Å². The molecule has 4 rings (SSSR count). The van der Waals surface area contributed by atoms with Gasteiger partial charge in [-0.3, -0.25) is 4.68 Å². The maximum Gasteiger partial charge on any atom is 0.419 e. The second-order valence-electron chi connectivity index (χ2n) is 7.38. The molecule has 0 saturated carbocycles. The molecule has 0 aliphatic heterocycles. The van der Waals surface area contributed by atoms with Crippen molar-refractivity contribution in [3.63, 3.8) is 0 Å². The number of alkyl halides is 3. The Balaban J connectivity index is 1.67. The van der Waals surface area contributed by atoms with Crippen LogP contribution in [0.3, 0.4) is 0 Å². The first-order valence-corrected chi connectivity index (χ1v) is 9.87. The smallest absolute Gasteiger partial charge is 0.419 e. The molecule has 0 unspecified atom stereocenters. The second-order valence-corrected chi connectivity index (χ2v) is 7.38. The van der Waals surface area contributed by atoms with Crippen LogP contribution in [0.25, 0.3) is 17.1 Å². The van der Waals surface area contributed by atoms with Crippen LogP contribution in [-0.2, 0) is 13.2 Å². The lowest BCUT2D eigenvalue weighted by molar-refractivity contribution is -0.138. The lowest BCUT2D eigenvalue weighted by Gasteiger charge is -2.10. The molecule has 0 aliphatic carbocycles. The predicted molar refractivity (Wildman–Crippen MR) is 115 cm³/mol. The molecular weight excluding hydrogens is 437 g/mol. The van der Waals surface area contributed by atoms with Crippen LogP contribution < -0.4 is 10.1 Å². The van der Waals surface area contributed by atoms with Gasteiger partial charge in [0, 0.05) is 36.5 Å². The largest absolute Gasteiger partial charge is 0.481 e. The summed E-state index contributed by atoms with van der Waals surface area (Å²) in [4.78, 5) is 12.5. The standard InChI is InChI=1S/C21H21F3N8O/c1-11-19(14-6-7-17(33-5)25-9-14)30-31(4)20(11)28-15-8-16(27-10-26-15)32-13(3)18(12(2)29-32)21(22,23)24/h6-10H,1-5H3,(H,26,27,28). The average molecular weight is 458 g/mol. The van der Waals surface area contributed by atoms with Crippen molar-refractivity contribution < 1.29 is 17.9 Å². The lowest BCUT2D eigenvalue weighted by Crippen LogP contribution is -2.09. The maximum atomic E-state index is 13.4. The van der Waals surface area contributed by atoms with Crippen molar-refractivity contribution in [2.75, 3.05) is 12.4 Å². The van der Waals surface area contributed by atoms with Crippen molar-refractivity contribution in [1.29, 1.82) is 0 Å². The Morgan fingerprint density at radius 2 is 1.79 bits per heavy atom. The summed E-state index contributed by atoms with van der Waals surface area (Å²) in [7, 11) is 3.32. The van der Waals surface area contributed by atoms with Gasteiger partial charge in [-0.05, 0) is 26.8 Å². The summed E-state index contributed by atoms with van der Waals surface area (Å²) in [5.74, 6) is 1.75. The number of pyridine rings is 1. The summed E-state index contributed by atoms with van der Waals surface area (Å²) in [6.07, 6.45) is -1.57. The van der Waals surface area contributed by atoms with Crippen LogP contribution in [0.15, 0.2) is 30.7 Å². The number of anilines is 2. The van der Waals surface area contributed by atoms with Gasteiger partial charge in [-0.2, -0.15) is 23.4 Å². The maximum absolute atomic E-state index is 13.4. The third kappa shape index (κ3) is 4.11. The summed E-state index contributed by atoms with van der Waals surface area (Å²) in [5, 5.41) is 11.8. The molecule has 12 heteroatoms. The van der Waals surface area contributed by atoms with Gasteiger partial charge in [0.2, 0.25) is 5.88 Å². The number of rotatable bonds is 5. The fourth-order valence-corrected chi connectivity index (χ4v) is 3.65. The van der Waals surface area contributed by atoms with E-state index < -0.39 is 11.7 Å². The molecule has 0 bridgehead atoms. The number of nitrogens with one attached hydrogen (secondary N) is 1. The summed E-state index contributed by atoms with van der Waals surface area (Å²) in [6.45, 7) is 4.58. The first kappa shape index (κ1) is 22.2. The number of hydrogen-bond acceptors (Lipinski definition) is 7. The zero-order chi connectivity index (χ0) is 23.9. The lowest BCUT2D eigenvalue weighted by atomic mass is 10.1. The number of halogens is 3. The molecule has 0 amide bonds. The molecule has 1 N–H and O–H groups in total. The third-order valence-electron chi connectivity index (χ3n) is 5.19. The highest BCUT2D eigenvalue weighted by atomic mass is 19.4. The van der Waals surface area contributed by atoms with Gasteiger partial charge in [0.1, 0.15) is 18.0 Å². The minimum absolute atomic E-state index is 0.0457. The van der Waals surface area contributed by atoms with Crippen LogP contribution in [-0.4, -0.2) is 41.6 Å². The van der Waals surface area contributed by atoms with Crippen LogP contribution in [0.5, 0.6) is 5.88 Å². The minimum atomic E-state index is -4.50. The normalized spacial score (nSPS) is 11.6. The monoisotopic (exact) mass is 458 g/mol. The van der Waals surface area contributed by atoms with Crippen molar-refractivity contribution in [3.8, 4) is 23.0 Å². The molecule has 0 saturated heterocycles. The number of nitrogens with zero attached hydrogens (tertiary/aromatic N) is 7. The number of hydrogen-bond donors (Lipinski definition) is 1. The zero-order valence-corrected chi connectivity index (χ0v) is 18.6. The van der Waals surface area contributed by atoms with Crippen LogP contribution in [0.4, 0.5) is 24.8 Å². The second kappa shape index (κ2) is 8.19. The van der Waals surface area contributed by atoms with Crippen molar-refractivity contribution in [2.24, 2.45) is 7.05 Å². The Labute approximate surface area is 187 Å². The molecule has 0 aliphatic rings.